The third-order valence-corrected chi connectivity index (χ3v) is 4.68. The van der Waals surface area contributed by atoms with Gasteiger partial charge in [0.05, 0.1) is 17.1 Å². The van der Waals surface area contributed by atoms with Crippen LogP contribution in [0.4, 0.5) is 5.69 Å². The molecule has 2 rings (SSSR count). The summed E-state index contributed by atoms with van der Waals surface area (Å²) in [6.07, 6.45) is 0.364. The van der Waals surface area contributed by atoms with E-state index in [-0.39, 0.29) is 30.1 Å². The van der Waals surface area contributed by atoms with Crippen LogP contribution in [0.2, 0.25) is 0 Å². The van der Waals surface area contributed by atoms with Crippen LogP contribution in [0, 0.1) is 0 Å². The van der Waals surface area contributed by atoms with E-state index in [9.17, 15) is 14.4 Å². The average Bonchev–Trinajstić information content (AvgIpc) is 3.09. The number of carbonyl (C=O) groups is 3. The first kappa shape index (κ1) is 21.3. The smallest absolute Gasteiger partial charge is 0.253 e. The molecule has 25 heavy (non-hydrogen) atoms. The molecule has 0 saturated carbocycles. The number of nitrogens with two attached hydrogens (primary N) is 1. The lowest BCUT2D eigenvalue weighted by Crippen LogP contribution is -2.44. The molecule has 1 heterocycles. The minimum Gasteiger partial charge on any atom is -0.351 e. The zero-order chi connectivity index (χ0) is 17.5. The molecule has 1 aromatic carbocycles. The van der Waals surface area contributed by atoms with Crippen molar-refractivity contribution in [2.45, 2.75) is 19.4 Å². The SMILES string of the molecule is CCC(=O)N1CSCC1C(=O)Nc1ccccc1C(=O)NCCN.Cl. The van der Waals surface area contributed by atoms with Crippen molar-refractivity contribution in [3.8, 4) is 0 Å². The van der Waals surface area contributed by atoms with Gasteiger partial charge in [-0.1, -0.05) is 19.1 Å². The Bertz CT molecular complexity index is 629. The van der Waals surface area contributed by atoms with Gasteiger partial charge in [0.1, 0.15) is 6.04 Å². The molecule has 0 radical (unpaired) electrons. The number of hydrogen-bond donors (Lipinski definition) is 3. The summed E-state index contributed by atoms with van der Waals surface area (Å²) in [5.74, 6) is 0.455. The summed E-state index contributed by atoms with van der Waals surface area (Å²) in [5.41, 5.74) is 6.19. The number of rotatable bonds is 6. The third kappa shape index (κ3) is 5.35. The van der Waals surface area contributed by atoms with Crippen molar-refractivity contribution in [2.24, 2.45) is 5.73 Å². The van der Waals surface area contributed by atoms with E-state index < -0.39 is 6.04 Å². The summed E-state index contributed by atoms with van der Waals surface area (Å²) in [6, 6.07) is 6.27. The highest BCUT2D eigenvalue weighted by atomic mass is 35.5. The second-order valence-electron chi connectivity index (χ2n) is 5.31. The normalized spacial score (nSPS) is 16.1. The molecule has 4 N–H and O–H groups in total. The van der Waals surface area contributed by atoms with Gasteiger partial charge in [-0.05, 0) is 12.1 Å². The second kappa shape index (κ2) is 10.3. The van der Waals surface area contributed by atoms with E-state index in [1.807, 2.05) is 0 Å². The first-order valence-corrected chi connectivity index (χ1v) is 8.99. The van der Waals surface area contributed by atoms with Gasteiger partial charge >= 0.3 is 0 Å². The molecule has 0 bridgehead atoms. The van der Waals surface area contributed by atoms with Gasteiger partial charge in [0.25, 0.3) is 5.91 Å². The predicted molar refractivity (Wildman–Crippen MR) is 102 cm³/mol. The number of carbonyl (C=O) groups excluding carboxylic acids is 3. The molecule has 0 aliphatic carbocycles. The standard InChI is InChI=1S/C16H22N4O3S.ClH/c1-2-14(21)20-10-24-9-13(20)16(23)19-12-6-4-3-5-11(12)15(22)18-8-7-17;/h3-6,13H,2,7-10,17H2,1H3,(H,18,22)(H,19,23);1H. The fourth-order valence-electron chi connectivity index (χ4n) is 2.40. The van der Waals surface area contributed by atoms with E-state index in [0.717, 1.165) is 0 Å². The van der Waals surface area contributed by atoms with Crippen molar-refractivity contribution in [3.63, 3.8) is 0 Å². The first-order chi connectivity index (χ1) is 11.6. The van der Waals surface area contributed by atoms with Gasteiger partial charge in [-0.15, -0.1) is 24.2 Å². The van der Waals surface area contributed by atoms with Gasteiger partial charge in [0, 0.05) is 25.3 Å². The minimum atomic E-state index is -0.511. The van der Waals surface area contributed by atoms with Crippen LogP contribution in [0.1, 0.15) is 23.7 Å². The zero-order valence-electron chi connectivity index (χ0n) is 14.0. The highest BCUT2D eigenvalue weighted by molar-refractivity contribution is 7.99. The van der Waals surface area contributed by atoms with Crippen LogP contribution in [0.25, 0.3) is 0 Å². The van der Waals surface area contributed by atoms with Crippen LogP contribution in [0.5, 0.6) is 0 Å². The lowest BCUT2D eigenvalue weighted by atomic mass is 10.1. The van der Waals surface area contributed by atoms with Gasteiger partial charge in [-0.2, -0.15) is 0 Å². The summed E-state index contributed by atoms with van der Waals surface area (Å²) in [7, 11) is 0. The summed E-state index contributed by atoms with van der Waals surface area (Å²) in [6.45, 7) is 2.48. The van der Waals surface area contributed by atoms with Gasteiger partial charge in [-0.25, -0.2) is 0 Å². The Morgan fingerprint density at radius 3 is 2.72 bits per heavy atom. The third-order valence-electron chi connectivity index (χ3n) is 3.67. The average molecular weight is 387 g/mol. The lowest BCUT2D eigenvalue weighted by molar-refractivity contribution is -0.135. The molecule has 3 amide bonds. The number of para-hydroxylation sites is 1. The van der Waals surface area contributed by atoms with E-state index >= 15 is 0 Å². The topological polar surface area (TPSA) is 105 Å². The number of hydrogen-bond acceptors (Lipinski definition) is 5. The fourth-order valence-corrected chi connectivity index (χ4v) is 3.58. The quantitative estimate of drug-likeness (QED) is 0.677. The number of nitrogens with one attached hydrogen (secondary N) is 2. The Hall–Kier alpha value is -1.77. The van der Waals surface area contributed by atoms with Crippen LogP contribution in [0.3, 0.4) is 0 Å². The van der Waals surface area contributed by atoms with Crippen LogP contribution in [0.15, 0.2) is 24.3 Å². The highest BCUT2D eigenvalue weighted by Crippen LogP contribution is 2.24. The largest absolute Gasteiger partial charge is 0.351 e. The van der Waals surface area contributed by atoms with Crippen LogP contribution in [-0.2, 0) is 9.59 Å². The van der Waals surface area contributed by atoms with Crippen LogP contribution in [-0.4, -0.2) is 53.4 Å². The summed E-state index contributed by atoms with van der Waals surface area (Å²) in [4.78, 5) is 38.2. The van der Waals surface area contributed by atoms with E-state index in [4.69, 9.17) is 5.73 Å². The van der Waals surface area contributed by atoms with Crippen molar-refractivity contribution >= 4 is 47.6 Å². The van der Waals surface area contributed by atoms with E-state index in [0.29, 0.717) is 42.4 Å². The van der Waals surface area contributed by atoms with Crippen molar-refractivity contribution in [1.82, 2.24) is 10.2 Å². The number of nitrogens with zero attached hydrogens (tertiary/aromatic N) is 1. The monoisotopic (exact) mass is 386 g/mol. The van der Waals surface area contributed by atoms with Gasteiger partial charge < -0.3 is 21.3 Å². The lowest BCUT2D eigenvalue weighted by Gasteiger charge is -2.23. The first-order valence-electron chi connectivity index (χ1n) is 7.83. The van der Waals surface area contributed by atoms with Gasteiger partial charge in [0.2, 0.25) is 11.8 Å². The molecule has 1 unspecified atom stereocenters. The Morgan fingerprint density at radius 1 is 1.32 bits per heavy atom. The maximum absolute atomic E-state index is 12.6. The van der Waals surface area contributed by atoms with Crippen LogP contribution >= 0.6 is 24.2 Å². The number of amides is 3. The fraction of sp³-hybridized carbons (Fsp3) is 0.438. The highest BCUT2D eigenvalue weighted by Gasteiger charge is 2.34. The molecule has 0 spiro atoms. The molecule has 1 fully saturated rings. The number of thioether (sulfide) groups is 1. The summed E-state index contributed by atoms with van der Waals surface area (Å²) < 4.78 is 0. The minimum absolute atomic E-state index is 0. The summed E-state index contributed by atoms with van der Waals surface area (Å²) >= 11 is 1.55. The molecule has 1 aliphatic rings. The molecular formula is C16H23ClN4O3S. The van der Waals surface area contributed by atoms with Gasteiger partial charge in [0.15, 0.2) is 0 Å². The molecular weight excluding hydrogens is 364 g/mol. The molecule has 1 atom stereocenters. The Kier molecular flexibility index (Phi) is 8.74. The van der Waals surface area contributed by atoms with Crippen molar-refractivity contribution in [3.05, 3.63) is 29.8 Å². The molecule has 1 aromatic rings. The van der Waals surface area contributed by atoms with E-state index in [2.05, 4.69) is 10.6 Å². The molecule has 1 aliphatic heterocycles. The molecule has 1 saturated heterocycles. The van der Waals surface area contributed by atoms with Crippen molar-refractivity contribution < 1.29 is 14.4 Å². The van der Waals surface area contributed by atoms with E-state index in [1.54, 1.807) is 47.9 Å². The predicted octanol–water partition coefficient (Wildman–Crippen LogP) is 1.05. The maximum Gasteiger partial charge on any atom is 0.253 e. The molecule has 0 aromatic heterocycles. The van der Waals surface area contributed by atoms with E-state index in [1.165, 1.54) is 0 Å². The Labute approximate surface area is 157 Å². The van der Waals surface area contributed by atoms with Gasteiger partial charge in [-0.3, -0.25) is 14.4 Å². The van der Waals surface area contributed by atoms with Crippen LogP contribution < -0.4 is 16.4 Å². The number of halogens is 1. The van der Waals surface area contributed by atoms with Crippen molar-refractivity contribution in [2.75, 3.05) is 30.0 Å². The second-order valence-corrected chi connectivity index (χ2v) is 6.31. The Balaban J connectivity index is 0.00000312. The van der Waals surface area contributed by atoms with Crippen molar-refractivity contribution in [1.29, 1.82) is 0 Å². The Morgan fingerprint density at radius 2 is 2.04 bits per heavy atom. The molecule has 138 valence electrons. The maximum atomic E-state index is 12.6. The molecule has 7 nitrogen and oxygen atoms in total. The summed E-state index contributed by atoms with van der Waals surface area (Å²) in [5, 5.41) is 5.46. The number of anilines is 1. The zero-order valence-corrected chi connectivity index (χ0v) is 15.6. The molecule has 9 heteroatoms. The number of benzene rings is 1.